The highest BCUT2D eigenvalue weighted by atomic mass is 16.4. The van der Waals surface area contributed by atoms with Gasteiger partial charge in [-0.05, 0) is 44.4 Å². The number of aldehydes is 2. The molecule has 6 amide bonds. The number of carboxylic acids is 4. The number of aliphatic hydroxyl groups is 1. The van der Waals surface area contributed by atoms with Crippen LogP contribution in [0.5, 0.6) is 0 Å². The fourth-order valence-electron chi connectivity index (χ4n) is 8.41. The molecule has 0 aromatic heterocycles. The van der Waals surface area contributed by atoms with Crippen LogP contribution in [0.25, 0.3) is 0 Å². The van der Waals surface area contributed by atoms with E-state index < -0.39 is 115 Å². The minimum Gasteiger partial charge on any atom is -0.481 e. The average Bonchev–Trinajstić information content (AvgIpc) is 3.83. The van der Waals surface area contributed by atoms with Crippen molar-refractivity contribution in [2.24, 2.45) is 11.7 Å². The zero-order chi connectivity index (χ0) is 56.2. The molecule has 2 heterocycles. The van der Waals surface area contributed by atoms with Gasteiger partial charge in [-0.2, -0.15) is 0 Å². The molecule has 0 radical (unpaired) electrons. The van der Waals surface area contributed by atoms with Crippen molar-refractivity contribution in [3.8, 4) is 0 Å². The predicted molar refractivity (Wildman–Crippen MR) is 262 cm³/mol. The number of rotatable bonds is 31. The fourth-order valence-corrected chi connectivity index (χ4v) is 8.41. The van der Waals surface area contributed by atoms with E-state index >= 15 is 0 Å². The molecule has 75 heavy (non-hydrogen) atoms. The highest BCUT2D eigenvalue weighted by molar-refractivity contribution is 5.97. The van der Waals surface area contributed by atoms with E-state index in [1.165, 1.54) is 4.90 Å². The minimum atomic E-state index is -1.81. The zero-order valence-corrected chi connectivity index (χ0v) is 42.4. The standard InChI is InChI=1S/C45H75N13O17/c1-28(2)23-30(39(68)53-32(27-61)41(70)51-29(43(72)73)5-3-9-48-45(46)47)52-40(69)31(24-37(64)65)50-35(62)25-49-42(71)33-6-4-10-58(33)36(63)8-7-34(44(74)75)57-17-15-55(20-22-60)12-11-54(19-21-59)13-14-56(16-18-57)26-38(66)67/h21-22,28-34,61H,3-20,23-27H2,1-2H3,(H,49,71)(H,50,62)(H,51,70)(H,52,69)(H,53,68)(H,64,65)(H,66,67)(H,72,73)(H,74,75)(H4,46,47,48)/t29-,30-,31-,32-,33-,34?/m0/s1. The summed E-state index contributed by atoms with van der Waals surface area (Å²) in [7, 11) is 0. The van der Waals surface area contributed by atoms with Gasteiger partial charge >= 0.3 is 23.9 Å². The van der Waals surface area contributed by atoms with Crippen molar-refractivity contribution >= 4 is 77.9 Å². The number of hydrogen-bond acceptors (Lipinski definition) is 18. The number of likely N-dealkylation sites (tertiary alicyclic amines) is 1. The molecule has 2 aliphatic rings. The van der Waals surface area contributed by atoms with Crippen molar-refractivity contribution in [3.63, 3.8) is 0 Å². The Kier molecular flexibility index (Phi) is 29.0. The maximum atomic E-state index is 13.7. The normalized spacial score (nSPS) is 18.3. The van der Waals surface area contributed by atoms with E-state index in [0.717, 1.165) is 6.29 Å². The number of nitrogens with one attached hydrogen (secondary N) is 7. The number of carbonyl (C=O) groups excluding carboxylic acids is 8. The van der Waals surface area contributed by atoms with E-state index in [-0.39, 0.29) is 116 Å². The Bertz CT molecular complexity index is 2000. The number of carbonyl (C=O) groups is 12. The zero-order valence-electron chi connectivity index (χ0n) is 42.4. The van der Waals surface area contributed by atoms with Gasteiger partial charge in [0.15, 0.2) is 5.96 Å². The molecule has 14 N–H and O–H groups in total. The average molecular weight is 1070 g/mol. The Labute approximate surface area is 433 Å². The van der Waals surface area contributed by atoms with Crippen LogP contribution in [0.1, 0.15) is 65.2 Å². The number of nitrogens with zero attached hydrogens (tertiary/aromatic N) is 5. The van der Waals surface area contributed by atoms with E-state index in [0.29, 0.717) is 32.3 Å². The van der Waals surface area contributed by atoms with E-state index in [9.17, 15) is 83.1 Å². The molecule has 2 saturated heterocycles. The molecule has 2 rings (SSSR count). The van der Waals surface area contributed by atoms with Gasteiger partial charge in [-0.25, -0.2) is 4.79 Å². The van der Waals surface area contributed by atoms with Crippen molar-refractivity contribution in [2.75, 3.05) is 98.2 Å². The van der Waals surface area contributed by atoms with Gasteiger partial charge in [-0.1, -0.05) is 13.8 Å². The number of guanidine groups is 1. The fraction of sp³-hybridized carbons (Fsp3) is 0.711. The number of carboxylic acid groups (broad SMARTS) is 4. The first-order valence-corrected chi connectivity index (χ1v) is 24.6. The summed E-state index contributed by atoms with van der Waals surface area (Å²) in [6.45, 7) is 3.48. The van der Waals surface area contributed by atoms with Crippen LogP contribution >= 0.6 is 0 Å². The maximum absolute atomic E-state index is 13.7. The summed E-state index contributed by atoms with van der Waals surface area (Å²) in [5.41, 5.74) is 5.21. The monoisotopic (exact) mass is 1070 g/mol. The second-order valence-corrected chi connectivity index (χ2v) is 18.5. The van der Waals surface area contributed by atoms with Crippen molar-refractivity contribution in [2.45, 2.75) is 101 Å². The number of aliphatic carboxylic acids is 4. The molecule has 0 spiro atoms. The molecule has 6 atom stereocenters. The lowest BCUT2D eigenvalue weighted by atomic mass is 10.0. The van der Waals surface area contributed by atoms with Gasteiger partial charge in [0.2, 0.25) is 35.4 Å². The van der Waals surface area contributed by atoms with Crippen molar-refractivity contribution in [1.29, 1.82) is 5.41 Å². The first-order chi connectivity index (χ1) is 35.5. The highest BCUT2D eigenvalue weighted by Gasteiger charge is 2.37. The molecule has 2 aliphatic heterocycles. The largest absolute Gasteiger partial charge is 0.481 e. The van der Waals surface area contributed by atoms with Gasteiger partial charge in [0.1, 0.15) is 48.8 Å². The third-order valence-corrected chi connectivity index (χ3v) is 12.3. The Morgan fingerprint density at radius 1 is 0.667 bits per heavy atom. The molecule has 1 unspecified atom stereocenters. The highest BCUT2D eigenvalue weighted by Crippen LogP contribution is 2.21. The van der Waals surface area contributed by atoms with Gasteiger partial charge in [0, 0.05) is 71.9 Å². The van der Waals surface area contributed by atoms with Crippen LogP contribution in [0.15, 0.2) is 0 Å². The minimum absolute atomic E-state index is 0.0334. The molecule has 0 aliphatic carbocycles. The van der Waals surface area contributed by atoms with Crippen LogP contribution in [-0.4, -0.2) is 262 Å². The van der Waals surface area contributed by atoms with E-state index in [1.807, 2.05) is 4.90 Å². The topological polar surface area (TPSA) is 444 Å². The Balaban J connectivity index is 2.12. The van der Waals surface area contributed by atoms with Crippen LogP contribution in [-0.2, 0) is 57.5 Å². The second kappa shape index (κ2) is 33.8. The van der Waals surface area contributed by atoms with Crippen LogP contribution in [0, 0.1) is 11.3 Å². The summed E-state index contributed by atoms with van der Waals surface area (Å²) in [4.78, 5) is 159. The number of aliphatic hydroxyl groups excluding tert-OH is 1. The smallest absolute Gasteiger partial charge is 0.326 e. The molecule has 0 aromatic rings. The quantitative estimate of drug-likeness (QED) is 0.0133. The van der Waals surface area contributed by atoms with Crippen LogP contribution < -0.4 is 37.6 Å². The van der Waals surface area contributed by atoms with E-state index in [1.54, 1.807) is 28.5 Å². The number of hydrogen-bond donors (Lipinski definition) is 13. The summed E-state index contributed by atoms with van der Waals surface area (Å²) >= 11 is 0. The van der Waals surface area contributed by atoms with E-state index in [4.69, 9.17) is 11.1 Å². The molecule has 0 saturated carbocycles. The lowest BCUT2D eigenvalue weighted by Gasteiger charge is -2.35. The van der Waals surface area contributed by atoms with Gasteiger partial charge in [0.25, 0.3) is 0 Å². The van der Waals surface area contributed by atoms with Crippen molar-refractivity contribution in [3.05, 3.63) is 0 Å². The van der Waals surface area contributed by atoms with Gasteiger partial charge < -0.3 is 77.7 Å². The number of nitrogens with two attached hydrogens (primary N) is 1. The third-order valence-electron chi connectivity index (χ3n) is 12.3. The Morgan fingerprint density at radius 3 is 1.75 bits per heavy atom. The van der Waals surface area contributed by atoms with Crippen molar-refractivity contribution in [1.82, 2.24) is 56.4 Å². The van der Waals surface area contributed by atoms with Gasteiger partial charge in [0.05, 0.1) is 39.2 Å². The van der Waals surface area contributed by atoms with Crippen molar-refractivity contribution < 1.29 is 83.1 Å². The Morgan fingerprint density at radius 2 is 1.21 bits per heavy atom. The molecule has 2 fully saturated rings. The van der Waals surface area contributed by atoms with Gasteiger partial charge in [-0.15, -0.1) is 0 Å². The summed E-state index contributed by atoms with van der Waals surface area (Å²) in [5, 5.41) is 70.2. The lowest BCUT2D eigenvalue weighted by Crippen LogP contribution is -2.59. The van der Waals surface area contributed by atoms with Crippen LogP contribution in [0.2, 0.25) is 0 Å². The summed E-state index contributed by atoms with van der Waals surface area (Å²) in [6, 6.07) is -8.75. The second-order valence-electron chi connectivity index (χ2n) is 18.5. The molecule has 422 valence electrons. The summed E-state index contributed by atoms with van der Waals surface area (Å²) < 4.78 is 0. The van der Waals surface area contributed by atoms with Crippen LogP contribution in [0.3, 0.4) is 0 Å². The molecular formula is C45H75N13O17. The first kappa shape index (κ1) is 64.2. The molecular weight excluding hydrogens is 995 g/mol. The molecule has 30 nitrogen and oxygen atoms in total. The SMILES string of the molecule is CC(C)C[C@H](NC(=O)[C@H](CC(=O)O)NC(=O)CNC(=O)[C@@H]1CCCN1C(=O)CCC(C(=O)O)N1CCN(CC=O)CCN(CC=O)CCN(CC(=O)O)CC1)C(=O)N[C@@H](CO)C(=O)N[C@@H](CCCNC(=N)N)C(=O)O. The lowest BCUT2D eigenvalue weighted by molar-refractivity contribution is -0.145. The summed E-state index contributed by atoms with van der Waals surface area (Å²) in [6.07, 6.45) is 0.425. The first-order valence-electron chi connectivity index (χ1n) is 24.6. The molecule has 0 aromatic carbocycles. The third kappa shape index (κ3) is 24.3. The molecule has 0 bridgehead atoms. The predicted octanol–water partition coefficient (Wildman–Crippen LogP) is -6.17. The number of amides is 6. The van der Waals surface area contributed by atoms with E-state index in [2.05, 4.69) is 31.9 Å². The maximum Gasteiger partial charge on any atom is 0.326 e. The molecule has 30 heteroatoms. The van der Waals surface area contributed by atoms with Crippen LogP contribution in [0.4, 0.5) is 0 Å². The van der Waals surface area contributed by atoms with Gasteiger partial charge in [-0.3, -0.25) is 68.2 Å². The summed E-state index contributed by atoms with van der Waals surface area (Å²) in [5.74, 6) is -11.6. The Hall–Kier alpha value is -6.89.